The molecule has 0 amide bonds. The Balaban J connectivity index is 0. The van der Waals surface area contributed by atoms with Crippen LogP contribution in [0.4, 0.5) is 0 Å². The molecule has 0 aromatic carbocycles. The number of rotatable bonds is 3. The van der Waals surface area contributed by atoms with Crippen molar-refractivity contribution in [3.63, 3.8) is 0 Å². The number of halogens is 3. The van der Waals surface area contributed by atoms with Crippen LogP contribution in [0.5, 0.6) is 0 Å². The van der Waals surface area contributed by atoms with Gasteiger partial charge >= 0.3 is 64.9 Å². The second kappa shape index (κ2) is 8.74. The monoisotopic (exact) mass is 578 g/mol. The molecular weight excluding hydrogens is 556 g/mol. The van der Waals surface area contributed by atoms with Gasteiger partial charge in [0.25, 0.3) is 0 Å². The van der Waals surface area contributed by atoms with E-state index in [9.17, 15) is 0 Å². The third-order valence-electron chi connectivity index (χ3n) is 1.66. The van der Waals surface area contributed by atoms with Gasteiger partial charge in [0.2, 0.25) is 6.67 Å². The van der Waals surface area contributed by atoms with Gasteiger partial charge in [0, 0.05) is 0 Å². The molecule has 0 aromatic rings. The Bertz CT molecular complexity index is 143. The van der Waals surface area contributed by atoms with Crippen molar-refractivity contribution in [1.82, 2.24) is 0 Å². The van der Waals surface area contributed by atoms with Gasteiger partial charge in [-0.1, -0.05) is 0 Å². The number of hydrogen-bond acceptors (Lipinski definition) is 0. The molecule has 0 saturated heterocycles. The summed E-state index contributed by atoms with van der Waals surface area (Å²) in [5.41, 5.74) is 0. The maximum absolute atomic E-state index is 2.46. The molecule has 0 saturated carbocycles. The summed E-state index contributed by atoms with van der Waals surface area (Å²) in [7, 11) is 11.2. The molecule has 0 fully saturated rings. The number of nitrogens with zero attached hydrogens (tertiary/aromatic N) is 2. The van der Waals surface area contributed by atoms with Crippen LogP contribution in [0.15, 0.2) is 0 Å². The molecule has 0 aliphatic carbocycles. The SMILES string of the molecule is CC[N+](C)(C)C[N+](C)(C)C.[I][V]([I])[I]. The van der Waals surface area contributed by atoms with E-state index in [4.69, 9.17) is 0 Å². The van der Waals surface area contributed by atoms with Crippen molar-refractivity contribution >= 4 is 59.9 Å². The van der Waals surface area contributed by atoms with Crippen LogP contribution < -0.4 is 0 Å². The maximum atomic E-state index is 2.46. The minimum atomic E-state index is -0.278. The zero-order valence-corrected chi connectivity index (χ0v) is 17.8. The molecule has 0 spiro atoms. The molecule has 0 rings (SSSR count). The van der Waals surface area contributed by atoms with Gasteiger partial charge in [0.1, 0.15) is 0 Å². The molecule has 0 heterocycles. The van der Waals surface area contributed by atoms with E-state index in [2.05, 4.69) is 102 Å². The topological polar surface area (TPSA) is 0 Å². The van der Waals surface area contributed by atoms with Crippen molar-refractivity contribution in [2.45, 2.75) is 6.92 Å². The molecule has 0 atom stereocenters. The Morgan fingerprint density at radius 3 is 1.29 bits per heavy atom. The second-order valence-electron chi connectivity index (χ2n) is 4.88. The van der Waals surface area contributed by atoms with Crippen molar-refractivity contribution < 1.29 is 13.9 Å². The summed E-state index contributed by atoms with van der Waals surface area (Å²) < 4.78 is 2.14. The normalized spacial score (nSPS) is 12.4. The Labute approximate surface area is 127 Å². The van der Waals surface area contributed by atoms with Crippen LogP contribution in [0.25, 0.3) is 0 Å². The fourth-order valence-electron chi connectivity index (χ4n) is 1.25. The summed E-state index contributed by atoms with van der Waals surface area (Å²) in [5.74, 6) is 0. The molecule has 0 radical (unpaired) electrons. The van der Waals surface area contributed by atoms with Gasteiger partial charge in [-0.2, -0.15) is 0 Å². The van der Waals surface area contributed by atoms with Crippen molar-refractivity contribution in [3.8, 4) is 0 Å². The van der Waals surface area contributed by atoms with Crippen molar-refractivity contribution in [1.29, 1.82) is 0 Å². The predicted octanol–water partition coefficient (Wildman–Crippen LogP) is 3.40. The van der Waals surface area contributed by atoms with Gasteiger partial charge in [-0.05, 0) is 6.92 Å². The average Bonchev–Trinajstić information content (AvgIpc) is 1.80. The Hall–Kier alpha value is 2.69. The summed E-state index contributed by atoms with van der Waals surface area (Å²) >= 11 is 7.39. The average molecular weight is 578 g/mol. The van der Waals surface area contributed by atoms with Gasteiger partial charge < -0.3 is 0 Å². The molecule has 0 aliphatic rings. The van der Waals surface area contributed by atoms with Crippen LogP contribution >= 0.6 is 59.9 Å². The molecule has 6 heteroatoms. The number of quaternary nitrogens is 2. The zero-order valence-electron chi connectivity index (χ0n) is 9.89. The third kappa shape index (κ3) is 20.2. The van der Waals surface area contributed by atoms with Crippen molar-refractivity contribution in [2.24, 2.45) is 0 Å². The first kappa shape index (κ1) is 19.0. The molecule has 88 valence electrons. The molecule has 2 nitrogen and oxygen atoms in total. The Morgan fingerprint density at radius 1 is 0.929 bits per heavy atom. The minimum absolute atomic E-state index is 0.278. The van der Waals surface area contributed by atoms with Gasteiger partial charge in [-0.25, -0.2) is 0 Å². The summed E-state index contributed by atoms with van der Waals surface area (Å²) in [4.78, 5) is -0.278. The van der Waals surface area contributed by atoms with E-state index >= 15 is 0 Å². The first-order valence-electron chi connectivity index (χ1n) is 4.40. The van der Waals surface area contributed by atoms with Gasteiger partial charge in [-0.3, -0.25) is 8.97 Å². The summed E-state index contributed by atoms with van der Waals surface area (Å²) in [6.07, 6.45) is 0. The zero-order chi connectivity index (χ0) is 12.0. The Morgan fingerprint density at radius 2 is 1.21 bits per heavy atom. The van der Waals surface area contributed by atoms with Gasteiger partial charge in [0.05, 0.1) is 41.8 Å². The van der Waals surface area contributed by atoms with Crippen LogP contribution in [-0.4, -0.2) is 57.4 Å². The van der Waals surface area contributed by atoms with E-state index in [0.29, 0.717) is 0 Å². The van der Waals surface area contributed by atoms with Gasteiger partial charge in [-0.15, -0.1) is 0 Å². The standard InChI is InChI=1S/C8H22N2.3HI.V/c1-7-10(5,6)8-9(2,3)4;;;;/h7-8H2,1-6H3;3*1H;/q+2;;;;+3/p-3. The van der Waals surface area contributed by atoms with Crippen LogP contribution in [0.3, 0.4) is 0 Å². The molecule has 0 bridgehead atoms. The van der Waals surface area contributed by atoms with E-state index in [1.54, 1.807) is 0 Å². The van der Waals surface area contributed by atoms with Crippen molar-refractivity contribution in [3.05, 3.63) is 0 Å². The first-order valence-corrected chi connectivity index (χ1v) is 17.9. The quantitative estimate of drug-likeness (QED) is 0.274. The summed E-state index contributed by atoms with van der Waals surface area (Å²) in [6, 6.07) is 0. The van der Waals surface area contributed by atoms with E-state index in [-0.39, 0.29) is 4.92 Å². The Kier molecular flexibility index (Phi) is 11.9. The first-order chi connectivity index (χ1) is 6.00. The molecular formula is C8H22I3N2V+2. The summed E-state index contributed by atoms with van der Waals surface area (Å²) in [5, 5.41) is 0. The number of hydrogen-bond donors (Lipinski definition) is 0. The summed E-state index contributed by atoms with van der Waals surface area (Å²) in [6.45, 7) is 4.63. The molecule has 0 aliphatic heterocycles. The molecule has 0 N–H and O–H groups in total. The molecule has 0 aromatic heterocycles. The fraction of sp³-hybridized carbons (Fsp3) is 1.00. The third-order valence-corrected chi connectivity index (χ3v) is 1.66. The van der Waals surface area contributed by atoms with E-state index in [1.165, 1.54) is 13.2 Å². The van der Waals surface area contributed by atoms with Crippen LogP contribution in [0, 0.1) is 0 Å². The predicted molar refractivity (Wildman–Crippen MR) is 87.6 cm³/mol. The van der Waals surface area contributed by atoms with E-state index < -0.39 is 0 Å². The van der Waals surface area contributed by atoms with Crippen LogP contribution in [0.1, 0.15) is 6.92 Å². The fourth-order valence-corrected chi connectivity index (χ4v) is 1.25. The van der Waals surface area contributed by atoms with Gasteiger partial charge in [0.15, 0.2) is 0 Å². The van der Waals surface area contributed by atoms with E-state index in [0.717, 1.165) is 8.97 Å². The second-order valence-corrected chi connectivity index (χ2v) is 40.2. The molecule has 0 unspecified atom stereocenters. The van der Waals surface area contributed by atoms with E-state index in [1.807, 2.05) is 0 Å². The van der Waals surface area contributed by atoms with Crippen LogP contribution in [-0.2, 0) is 4.92 Å². The van der Waals surface area contributed by atoms with Crippen LogP contribution in [0.2, 0.25) is 0 Å². The van der Waals surface area contributed by atoms with Crippen molar-refractivity contribution in [2.75, 3.05) is 48.5 Å². The molecule has 14 heavy (non-hydrogen) atoms.